The summed E-state index contributed by atoms with van der Waals surface area (Å²) in [7, 11) is 3.40. The van der Waals surface area contributed by atoms with Gasteiger partial charge in [-0.2, -0.15) is 13.2 Å². The highest BCUT2D eigenvalue weighted by Gasteiger charge is 2.46. The van der Waals surface area contributed by atoms with Crippen LogP contribution >= 0.6 is 0 Å². The third-order valence-corrected chi connectivity index (χ3v) is 4.33. The molecular weight excluding hydrogens is 353 g/mol. The Labute approximate surface area is 149 Å². The molecule has 1 saturated heterocycles. The minimum Gasteiger partial charge on any atom is -0.475 e. The van der Waals surface area contributed by atoms with E-state index >= 15 is 0 Å². The van der Waals surface area contributed by atoms with Crippen molar-refractivity contribution in [2.45, 2.75) is 30.8 Å². The van der Waals surface area contributed by atoms with Gasteiger partial charge in [0, 0.05) is 33.7 Å². The van der Waals surface area contributed by atoms with Gasteiger partial charge in [-0.1, -0.05) is 30.3 Å². The first-order valence-electron chi connectivity index (χ1n) is 8.02. The smallest absolute Gasteiger partial charge is 0.475 e. The Bertz CT molecular complexity index is 645. The summed E-state index contributed by atoms with van der Waals surface area (Å²) in [5.41, 5.74) is 1.26. The van der Waals surface area contributed by atoms with E-state index in [0.29, 0.717) is 0 Å². The van der Waals surface area contributed by atoms with Crippen LogP contribution < -0.4 is 0 Å². The SMILES string of the molecule is COC1(OC)CCCN2CC(c3ccccc3)N=C21.O=C(O)C(F)(F)F. The molecule has 2 aliphatic heterocycles. The van der Waals surface area contributed by atoms with Gasteiger partial charge in [-0.3, -0.25) is 4.99 Å². The molecule has 2 aliphatic rings. The number of aliphatic imine (C=N–C) groups is 1. The zero-order valence-corrected chi connectivity index (χ0v) is 14.5. The number of carbonyl (C=O) groups is 1. The van der Waals surface area contributed by atoms with Crippen molar-refractivity contribution in [1.29, 1.82) is 0 Å². The number of ether oxygens (including phenoxy) is 2. The van der Waals surface area contributed by atoms with Gasteiger partial charge in [0.1, 0.15) is 0 Å². The van der Waals surface area contributed by atoms with E-state index in [9.17, 15) is 13.2 Å². The minimum absolute atomic E-state index is 0.193. The molecule has 0 aliphatic carbocycles. The Morgan fingerprint density at radius 3 is 2.35 bits per heavy atom. The maximum absolute atomic E-state index is 10.6. The molecule has 3 rings (SSSR count). The van der Waals surface area contributed by atoms with Crippen LogP contribution in [0.3, 0.4) is 0 Å². The summed E-state index contributed by atoms with van der Waals surface area (Å²) in [6.45, 7) is 1.96. The van der Waals surface area contributed by atoms with Crippen LogP contribution in [0.2, 0.25) is 0 Å². The van der Waals surface area contributed by atoms with Crippen LogP contribution in [-0.4, -0.2) is 61.1 Å². The van der Waals surface area contributed by atoms with Crippen molar-refractivity contribution in [2.24, 2.45) is 4.99 Å². The molecule has 0 aromatic heterocycles. The van der Waals surface area contributed by atoms with E-state index in [1.54, 1.807) is 14.2 Å². The van der Waals surface area contributed by atoms with Crippen molar-refractivity contribution < 1.29 is 32.5 Å². The average Bonchev–Trinajstić information content (AvgIpc) is 3.07. The monoisotopic (exact) mass is 374 g/mol. The fourth-order valence-electron chi connectivity index (χ4n) is 3.04. The van der Waals surface area contributed by atoms with Crippen LogP contribution in [-0.2, 0) is 14.3 Å². The molecule has 144 valence electrons. The van der Waals surface area contributed by atoms with Gasteiger partial charge in [0.2, 0.25) is 5.79 Å². The molecule has 1 unspecified atom stereocenters. The van der Waals surface area contributed by atoms with E-state index in [1.807, 2.05) is 6.07 Å². The topological polar surface area (TPSA) is 71.4 Å². The first-order chi connectivity index (χ1) is 12.2. The van der Waals surface area contributed by atoms with Crippen molar-refractivity contribution in [2.75, 3.05) is 27.3 Å². The van der Waals surface area contributed by atoms with Crippen LogP contribution in [0.1, 0.15) is 24.4 Å². The van der Waals surface area contributed by atoms with Gasteiger partial charge in [0.05, 0.1) is 6.04 Å². The second kappa shape index (κ2) is 8.05. The first kappa shape index (κ1) is 20.2. The van der Waals surface area contributed by atoms with Crippen LogP contribution in [0, 0.1) is 0 Å². The Kier molecular flexibility index (Phi) is 6.25. The zero-order chi connectivity index (χ0) is 19.4. The van der Waals surface area contributed by atoms with Gasteiger partial charge >= 0.3 is 12.1 Å². The second-order valence-electron chi connectivity index (χ2n) is 5.89. The molecule has 0 amide bonds. The van der Waals surface area contributed by atoms with E-state index < -0.39 is 17.9 Å². The summed E-state index contributed by atoms with van der Waals surface area (Å²) in [4.78, 5) is 16.1. The summed E-state index contributed by atoms with van der Waals surface area (Å²) in [5.74, 6) is -2.45. The van der Waals surface area contributed by atoms with E-state index in [-0.39, 0.29) is 6.04 Å². The molecule has 6 nitrogen and oxygen atoms in total. The maximum atomic E-state index is 10.6. The van der Waals surface area contributed by atoms with Gasteiger partial charge in [-0.25, -0.2) is 4.79 Å². The maximum Gasteiger partial charge on any atom is 0.490 e. The second-order valence-corrected chi connectivity index (χ2v) is 5.89. The van der Waals surface area contributed by atoms with Gasteiger partial charge in [-0.05, 0) is 12.0 Å². The largest absolute Gasteiger partial charge is 0.490 e. The van der Waals surface area contributed by atoms with Gasteiger partial charge in [0.15, 0.2) is 5.84 Å². The highest BCUT2D eigenvalue weighted by molar-refractivity contribution is 5.91. The number of piperidine rings is 1. The summed E-state index contributed by atoms with van der Waals surface area (Å²) in [5, 5.41) is 7.12. The summed E-state index contributed by atoms with van der Waals surface area (Å²) < 4.78 is 43.0. The molecule has 0 saturated carbocycles. The predicted octanol–water partition coefficient (Wildman–Crippen LogP) is 2.86. The number of hydrogen-bond donors (Lipinski definition) is 1. The van der Waals surface area contributed by atoms with E-state index in [1.165, 1.54) is 5.56 Å². The lowest BCUT2D eigenvalue weighted by molar-refractivity contribution is -0.192. The first-order valence-corrected chi connectivity index (χ1v) is 8.02. The molecule has 0 spiro atoms. The van der Waals surface area contributed by atoms with Crippen molar-refractivity contribution >= 4 is 11.8 Å². The van der Waals surface area contributed by atoms with Crippen molar-refractivity contribution in [1.82, 2.24) is 4.90 Å². The molecule has 1 aromatic rings. The number of methoxy groups -OCH3 is 2. The van der Waals surface area contributed by atoms with E-state index in [0.717, 1.165) is 31.8 Å². The number of halogens is 3. The number of amidine groups is 1. The standard InChI is InChI=1S/C15H20N2O2.C2HF3O2/c1-18-15(19-2)9-6-10-17-11-13(16-14(15)17)12-7-4-3-5-8-12;3-2(4,5)1(6)7/h3-5,7-8,13H,6,9-11H2,1-2H3;(H,6,7). The molecular formula is C17H21F3N2O4. The number of carboxylic acids is 1. The number of carboxylic acid groups (broad SMARTS) is 1. The lowest BCUT2D eigenvalue weighted by atomic mass is 10.0. The third kappa shape index (κ3) is 4.34. The Balaban J connectivity index is 0.000000298. The lowest BCUT2D eigenvalue weighted by Gasteiger charge is -2.39. The molecule has 0 radical (unpaired) electrons. The van der Waals surface area contributed by atoms with Crippen LogP contribution in [0.4, 0.5) is 13.2 Å². The number of aliphatic carboxylic acids is 1. The highest BCUT2D eigenvalue weighted by Crippen LogP contribution is 2.35. The zero-order valence-electron chi connectivity index (χ0n) is 14.5. The minimum atomic E-state index is -5.08. The molecule has 2 heterocycles. The predicted molar refractivity (Wildman–Crippen MR) is 87.9 cm³/mol. The van der Waals surface area contributed by atoms with Crippen LogP contribution in [0.5, 0.6) is 0 Å². The van der Waals surface area contributed by atoms with Crippen molar-refractivity contribution in [3.8, 4) is 0 Å². The fourth-order valence-corrected chi connectivity index (χ4v) is 3.04. The molecule has 1 aromatic carbocycles. The lowest BCUT2D eigenvalue weighted by Crippen LogP contribution is -2.53. The molecule has 26 heavy (non-hydrogen) atoms. The highest BCUT2D eigenvalue weighted by atomic mass is 19.4. The molecule has 9 heteroatoms. The quantitative estimate of drug-likeness (QED) is 0.824. The molecule has 1 N–H and O–H groups in total. The van der Waals surface area contributed by atoms with E-state index in [4.69, 9.17) is 24.4 Å². The number of alkyl halides is 3. The van der Waals surface area contributed by atoms with E-state index in [2.05, 4.69) is 29.2 Å². The number of benzene rings is 1. The molecule has 0 bridgehead atoms. The average molecular weight is 374 g/mol. The van der Waals surface area contributed by atoms with Crippen molar-refractivity contribution in [3.63, 3.8) is 0 Å². The van der Waals surface area contributed by atoms with Crippen LogP contribution in [0.25, 0.3) is 0 Å². The number of nitrogens with zero attached hydrogens (tertiary/aromatic N) is 2. The Hall–Kier alpha value is -2.13. The Morgan fingerprint density at radius 2 is 1.85 bits per heavy atom. The van der Waals surface area contributed by atoms with Crippen molar-refractivity contribution in [3.05, 3.63) is 35.9 Å². The fraction of sp³-hybridized carbons (Fsp3) is 0.529. The van der Waals surface area contributed by atoms with Gasteiger partial charge in [-0.15, -0.1) is 0 Å². The third-order valence-electron chi connectivity index (χ3n) is 4.33. The van der Waals surface area contributed by atoms with Gasteiger partial charge < -0.3 is 19.5 Å². The number of fused-ring (bicyclic) bond motifs is 1. The molecule has 1 fully saturated rings. The summed E-state index contributed by atoms with van der Waals surface area (Å²) >= 11 is 0. The van der Waals surface area contributed by atoms with Gasteiger partial charge in [0.25, 0.3) is 0 Å². The summed E-state index contributed by atoms with van der Waals surface area (Å²) in [6, 6.07) is 10.6. The summed E-state index contributed by atoms with van der Waals surface area (Å²) in [6.07, 6.45) is -3.14. The number of hydrogen-bond acceptors (Lipinski definition) is 5. The number of rotatable bonds is 3. The normalized spacial score (nSPS) is 21.3. The molecule has 1 atom stereocenters. The van der Waals surface area contributed by atoms with Crippen LogP contribution in [0.15, 0.2) is 35.3 Å². The Morgan fingerprint density at radius 1 is 1.27 bits per heavy atom.